The number of aliphatic carboxylic acids is 2. The average molecular weight is 1120 g/mol. The maximum atomic E-state index is 13.6. The van der Waals surface area contributed by atoms with Crippen molar-refractivity contribution >= 4 is 86.4 Å². The monoisotopic (exact) mass is 1110 g/mol. The maximum absolute atomic E-state index is 13.6. The molecule has 1 aromatic rings. The second-order valence-corrected chi connectivity index (χ2v) is 20.0. The molecule has 0 radical (unpaired) electrons. The predicted molar refractivity (Wildman–Crippen MR) is 276 cm³/mol. The number of aromatic hydroxyl groups is 1. The number of carboxylic acids is 2. The van der Waals surface area contributed by atoms with Gasteiger partial charge in [0.1, 0.15) is 36.8 Å². The quantitative estimate of drug-likeness (QED) is 0.0264. The van der Waals surface area contributed by atoms with Gasteiger partial charge in [-0.15, -0.1) is 0 Å². The molecule has 28 heteroatoms. The molecule has 1 saturated heterocycles. The zero-order valence-electron chi connectivity index (χ0n) is 42.7. The summed E-state index contributed by atoms with van der Waals surface area (Å²) in [6, 6.07) is 1.73. The number of ketones is 2. The van der Waals surface area contributed by atoms with Crippen molar-refractivity contribution in [2.24, 2.45) is 23.3 Å². The fourth-order valence-electron chi connectivity index (χ4n) is 6.99. The van der Waals surface area contributed by atoms with Crippen molar-refractivity contribution in [1.29, 1.82) is 0 Å². The van der Waals surface area contributed by atoms with Crippen LogP contribution in [0.4, 0.5) is 0 Å². The van der Waals surface area contributed by atoms with Crippen LogP contribution in [-0.4, -0.2) is 188 Å². The number of benzene rings is 1. The molecule has 0 saturated carbocycles. The molecular formula is C48H74N8O18S2. The van der Waals surface area contributed by atoms with Crippen molar-refractivity contribution in [3.05, 3.63) is 29.8 Å². The Morgan fingerprint density at radius 2 is 1.22 bits per heavy atom. The molecule has 1 aliphatic rings. The maximum Gasteiger partial charge on any atom is 0.326 e. The lowest BCUT2D eigenvalue weighted by Gasteiger charge is -2.22. The van der Waals surface area contributed by atoms with Crippen molar-refractivity contribution in [2.75, 3.05) is 84.0 Å². The summed E-state index contributed by atoms with van der Waals surface area (Å²) in [5, 5.41) is 43.4. The number of rotatable bonds is 38. The summed E-state index contributed by atoms with van der Waals surface area (Å²) < 4.78 is 21.4. The van der Waals surface area contributed by atoms with E-state index in [9.17, 15) is 68.1 Å². The summed E-state index contributed by atoms with van der Waals surface area (Å²) in [6.45, 7) is 2.33. The lowest BCUT2D eigenvalue weighted by Crippen LogP contribution is -2.49. The van der Waals surface area contributed by atoms with Crippen LogP contribution in [0.5, 0.6) is 5.75 Å². The Labute approximate surface area is 448 Å². The van der Waals surface area contributed by atoms with Gasteiger partial charge in [0.2, 0.25) is 41.4 Å². The largest absolute Gasteiger partial charge is 0.508 e. The number of ether oxygens (including phenoxy) is 4. The van der Waals surface area contributed by atoms with E-state index in [0.717, 1.165) is 0 Å². The van der Waals surface area contributed by atoms with Crippen LogP contribution in [0, 0.1) is 11.8 Å². The average Bonchev–Trinajstić information content (AvgIpc) is 3.39. The van der Waals surface area contributed by atoms with E-state index in [2.05, 4.69) is 31.9 Å². The molecule has 426 valence electrons. The van der Waals surface area contributed by atoms with Crippen molar-refractivity contribution in [3.8, 4) is 5.75 Å². The highest BCUT2D eigenvalue weighted by atomic mass is 33.1. The van der Waals surface area contributed by atoms with Gasteiger partial charge in [-0.25, -0.2) is 9.59 Å². The van der Waals surface area contributed by atoms with E-state index in [1.54, 1.807) is 12.1 Å². The summed E-state index contributed by atoms with van der Waals surface area (Å²) in [4.78, 5) is 135. The highest BCUT2D eigenvalue weighted by Gasteiger charge is 2.32. The number of Topliss-reactive ketones (excluding diaryl/α,β-unsaturated/α-hetero) is 2. The first kappa shape index (κ1) is 66.2. The lowest BCUT2D eigenvalue weighted by atomic mass is 9.87. The van der Waals surface area contributed by atoms with Gasteiger partial charge < -0.3 is 77.6 Å². The van der Waals surface area contributed by atoms with Gasteiger partial charge in [-0.3, -0.25) is 43.2 Å². The number of nitrogens with one attached hydrogen (secondary N) is 6. The molecule has 2 unspecified atom stereocenters. The van der Waals surface area contributed by atoms with Gasteiger partial charge in [0.25, 0.3) is 0 Å². The third kappa shape index (κ3) is 30.0. The van der Waals surface area contributed by atoms with Gasteiger partial charge in [0.15, 0.2) is 5.78 Å². The Morgan fingerprint density at radius 1 is 0.697 bits per heavy atom. The Balaban J connectivity index is 1.53. The Kier molecular flexibility index (Phi) is 33.6. The molecule has 1 fully saturated rings. The first-order chi connectivity index (χ1) is 36.3. The molecule has 0 bridgehead atoms. The normalized spacial score (nSPS) is 17.1. The summed E-state index contributed by atoms with van der Waals surface area (Å²) in [5.41, 5.74) is 12.4. The number of hydrogen-bond donors (Lipinski definition) is 11. The van der Waals surface area contributed by atoms with Gasteiger partial charge in [0, 0.05) is 75.1 Å². The fourth-order valence-corrected chi connectivity index (χ4v) is 9.45. The van der Waals surface area contributed by atoms with E-state index >= 15 is 0 Å². The Morgan fingerprint density at radius 3 is 1.79 bits per heavy atom. The molecule has 7 amide bonds. The van der Waals surface area contributed by atoms with Crippen LogP contribution in [0.25, 0.3) is 0 Å². The summed E-state index contributed by atoms with van der Waals surface area (Å²) in [5.74, 6) is -7.99. The number of amides is 7. The van der Waals surface area contributed by atoms with Crippen LogP contribution in [0.15, 0.2) is 24.3 Å². The molecule has 26 nitrogen and oxygen atoms in total. The van der Waals surface area contributed by atoms with Gasteiger partial charge in [0.05, 0.1) is 51.7 Å². The smallest absolute Gasteiger partial charge is 0.326 e. The second kappa shape index (κ2) is 38.6. The van der Waals surface area contributed by atoms with Crippen LogP contribution in [-0.2, 0) is 78.1 Å². The number of phenols is 1. The van der Waals surface area contributed by atoms with Gasteiger partial charge >= 0.3 is 11.9 Å². The van der Waals surface area contributed by atoms with Crippen molar-refractivity contribution in [3.63, 3.8) is 0 Å². The third-order valence-corrected chi connectivity index (χ3v) is 13.8. The zero-order valence-corrected chi connectivity index (χ0v) is 44.3. The molecule has 76 heavy (non-hydrogen) atoms. The molecular weight excluding hydrogens is 1040 g/mol. The minimum absolute atomic E-state index is 0.0498. The summed E-state index contributed by atoms with van der Waals surface area (Å²) in [7, 11) is 2.65. The highest BCUT2D eigenvalue weighted by Crippen LogP contribution is 2.29. The minimum atomic E-state index is -1.40. The minimum Gasteiger partial charge on any atom is -0.508 e. The molecule has 1 heterocycles. The zero-order chi connectivity index (χ0) is 56.3. The molecule has 6 atom stereocenters. The SMILES string of the molecule is CCC(=O)NC(CCC(=O)NC(CCC(=O)NCCOCCOCC(=O)NCCOCCOCC(=O)NCCCC[C@@H]1NC(=O)[C@@H](N)CSSC[C@@H](C(=O)C[C@@H](Cc2ccc(O)cc2)C(N)=O)CC1=O)C(=O)O)C(=O)O. The number of carbonyl (C=O) groups is 11. The highest BCUT2D eigenvalue weighted by molar-refractivity contribution is 8.76. The molecule has 1 aliphatic heterocycles. The number of carboxylic acid groups (broad SMARTS) is 2. The van der Waals surface area contributed by atoms with E-state index < -0.39 is 83.4 Å². The van der Waals surface area contributed by atoms with Crippen molar-refractivity contribution in [1.82, 2.24) is 31.9 Å². The number of carbonyl (C=O) groups excluding carboxylic acids is 9. The fraction of sp³-hybridized carbons (Fsp3) is 0.646. The summed E-state index contributed by atoms with van der Waals surface area (Å²) in [6.07, 6.45) is -0.00310. The number of phenolic OH excluding ortho intramolecular Hbond substituents is 1. The van der Waals surface area contributed by atoms with Gasteiger partial charge in [-0.2, -0.15) is 0 Å². The van der Waals surface area contributed by atoms with E-state index in [1.165, 1.54) is 40.6 Å². The topological polar surface area (TPSA) is 410 Å². The van der Waals surface area contributed by atoms with Crippen LogP contribution >= 0.6 is 21.6 Å². The molecule has 13 N–H and O–H groups in total. The summed E-state index contributed by atoms with van der Waals surface area (Å²) >= 11 is 0. The predicted octanol–water partition coefficient (Wildman–Crippen LogP) is -1.53. The van der Waals surface area contributed by atoms with E-state index in [1.807, 2.05) is 0 Å². The van der Waals surface area contributed by atoms with Crippen LogP contribution in [0.3, 0.4) is 0 Å². The van der Waals surface area contributed by atoms with E-state index in [4.69, 9.17) is 30.4 Å². The first-order valence-corrected chi connectivity index (χ1v) is 27.4. The number of unbranched alkanes of at least 4 members (excludes halogenated alkanes) is 1. The number of nitrogens with two attached hydrogens (primary N) is 2. The van der Waals surface area contributed by atoms with Crippen molar-refractivity contribution in [2.45, 2.75) is 102 Å². The molecule has 1 aromatic carbocycles. The standard InChI is InChI=1S/C48H74N8O18S2/c1-2-40(60)54-36(47(67)68)11-13-42(62)55-37(48(69)70)10-12-41(61)52-15-17-71-19-22-74-27-44(64)53-16-18-72-20-21-73-26-43(63)51-14-4-3-5-35-39(59)25-32(28-75-76-29-34(49)46(66)56-35)38(58)24-31(45(50)65)23-30-6-8-33(57)9-7-30/h6-9,31-32,34-37,57H,2-5,10-29,49H2,1H3,(H2,50,65)(H,51,63)(H,52,61)(H,53,64)(H,54,60)(H,55,62)(H,56,66)(H,67,68)(H,69,70)/t31-,32+,34+,35+,36?,37?/m1/s1. The molecule has 0 aliphatic carbocycles. The van der Waals surface area contributed by atoms with Gasteiger partial charge in [-0.1, -0.05) is 40.6 Å². The number of primary amides is 1. The van der Waals surface area contributed by atoms with Crippen LogP contribution < -0.4 is 43.4 Å². The Hall–Kier alpha value is -5.91. The van der Waals surface area contributed by atoms with E-state index in [-0.39, 0.29) is 165 Å². The van der Waals surface area contributed by atoms with Crippen molar-refractivity contribution < 1.29 is 87.0 Å². The molecule has 0 spiro atoms. The second-order valence-electron chi connectivity index (χ2n) is 17.5. The van der Waals surface area contributed by atoms with Crippen LogP contribution in [0.2, 0.25) is 0 Å². The molecule has 0 aromatic heterocycles. The first-order valence-electron chi connectivity index (χ1n) is 24.9. The molecule has 2 rings (SSSR count). The van der Waals surface area contributed by atoms with Crippen LogP contribution in [0.1, 0.15) is 76.7 Å². The third-order valence-electron chi connectivity index (χ3n) is 11.3. The van der Waals surface area contributed by atoms with E-state index in [0.29, 0.717) is 18.4 Å². The Bertz CT molecular complexity index is 2050. The van der Waals surface area contributed by atoms with Gasteiger partial charge in [-0.05, 0) is 56.2 Å². The number of hydrogen-bond acceptors (Lipinski definition) is 19. The lowest BCUT2D eigenvalue weighted by molar-refractivity contribution is -0.143.